The minimum atomic E-state index is -1.09. The number of amides is 2. The van der Waals surface area contributed by atoms with Crippen molar-refractivity contribution in [2.45, 2.75) is 117 Å². The van der Waals surface area contributed by atoms with Gasteiger partial charge in [0.1, 0.15) is 22.6 Å². The molecule has 12 heteroatoms. The number of nitrogens with one attached hydrogen (secondary N) is 1. The number of likely N-dealkylation sites (N-methyl/N-ethyl adjacent to an activating group) is 1. The van der Waals surface area contributed by atoms with Gasteiger partial charge in [0.15, 0.2) is 5.78 Å². The lowest BCUT2D eigenvalue weighted by atomic mass is 9.82. The van der Waals surface area contributed by atoms with Gasteiger partial charge in [0.2, 0.25) is 5.91 Å². The molecular formula is C43H59FN4O6S. The molecule has 7 unspecified atom stereocenters. The molecule has 1 fully saturated rings. The summed E-state index contributed by atoms with van der Waals surface area (Å²) in [6.07, 6.45) is 3.29. The van der Waals surface area contributed by atoms with Crippen molar-refractivity contribution in [2.24, 2.45) is 23.7 Å². The molecule has 3 aromatic rings. The zero-order chi connectivity index (χ0) is 40.2. The zero-order valence-electron chi connectivity index (χ0n) is 33.1. The van der Waals surface area contributed by atoms with E-state index in [0.717, 1.165) is 54.7 Å². The smallest absolute Gasteiger partial charge is 0.306 e. The number of rotatable bonds is 20. The maximum Gasteiger partial charge on any atom is 0.306 e. The molecular weight excluding hydrogens is 720 g/mol. The Bertz CT molecular complexity index is 1700. The van der Waals surface area contributed by atoms with Crippen LogP contribution in [-0.4, -0.2) is 80.3 Å². The third kappa shape index (κ3) is 12.5. The van der Waals surface area contributed by atoms with Gasteiger partial charge >= 0.3 is 5.97 Å². The summed E-state index contributed by atoms with van der Waals surface area (Å²) in [5, 5.41) is 26.0. The average Bonchev–Trinajstić information content (AvgIpc) is 3.67. The molecule has 300 valence electrons. The van der Waals surface area contributed by atoms with Gasteiger partial charge < -0.3 is 20.4 Å². The summed E-state index contributed by atoms with van der Waals surface area (Å²) >= 11 is 1.14. The van der Waals surface area contributed by atoms with Crippen LogP contribution in [0.15, 0.2) is 60.0 Å². The predicted molar refractivity (Wildman–Crippen MR) is 213 cm³/mol. The van der Waals surface area contributed by atoms with E-state index in [2.05, 4.69) is 15.2 Å². The molecule has 1 aromatic heterocycles. The van der Waals surface area contributed by atoms with Gasteiger partial charge in [0, 0.05) is 42.8 Å². The Morgan fingerprint density at radius 3 is 2.31 bits per heavy atom. The molecule has 1 saturated heterocycles. The highest BCUT2D eigenvalue weighted by atomic mass is 32.1. The average molecular weight is 779 g/mol. The minimum Gasteiger partial charge on any atom is -0.481 e. The van der Waals surface area contributed by atoms with Crippen LogP contribution in [0.5, 0.6) is 0 Å². The number of benzene rings is 2. The number of piperidine rings is 1. The summed E-state index contributed by atoms with van der Waals surface area (Å²) in [5.41, 5.74) is 1.78. The number of Topliss-reactive ketones (excluding diaryl/α,β-unsaturated/α-hetero) is 1. The van der Waals surface area contributed by atoms with E-state index in [1.54, 1.807) is 24.4 Å². The van der Waals surface area contributed by atoms with Crippen LogP contribution < -0.4 is 5.32 Å². The van der Waals surface area contributed by atoms with Crippen molar-refractivity contribution >= 4 is 34.9 Å². The van der Waals surface area contributed by atoms with Gasteiger partial charge in [-0.3, -0.25) is 24.1 Å². The van der Waals surface area contributed by atoms with Crippen molar-refractivity contribution < 1.29 is 33.8 Å². The minimum absolute atomic E-state index is 0.0354. The first-order chi connectivity index (χ1) is 26.2. The normalized spacial score (nSPS) is 18.2. The number of aliphatic hydroxyl groups excluding tert-OH is 1. The van der Waals surface area contributed by atoms with Crippen molar-refractivity contribution in [3.63, 3.8) is 0 Å². The molecule has 1 aliphatic rings. The van der Waals surface area contributed by atoms with Gasteiger partial charge in [-0.15, -0.1) is 11.3 Å². The highest BCUT2D eigenvalue weighted by molar-refractivity contribution is 7.09. The first kappa shape index (κ1) is 43.7. The van der Waals surface area contributed by atoms with E-state index >= 15 is 0 Å². The van der Waals surface area contributed by atoms with Crippen LogP contribution in [0, 0.1) is 29.5 Å². The summed E-state index contributed by atoms with van der Waals surface area (Å²) in [7, 11) is 1.99. The molecule has 2 heterocycles. The standard InChI is InChI=1S/C43H59FN4O6S/c1-7-28(4)34(23-38(49)36-15-11-12-20-47(36)6)42(52)48(25-31-13-9-8-10-14-31)37(27(2)3)24-39(50)41-46-35(26-55-41)40(51)45-33(21-29(5)43(53)54)22-30-16-18-32(44)19-17-30/h8-10,13-14,16-19,26-29,33-34,36-37,39,50H,7,11-12,15,20-25H2,1-6H3,(H,45,51)(H,53,54). The maximum atomic E-state index is 14.8. The largest absolute Gasteiger partial charge is 0.481 e. The van der Waals surface area contributed by atoms with Gasteiger partial charge in [-0.25, -0.2) is 9.37 Å². The van der Waals surface area contributed by atoms with Crippen molar-refractivity contribution in [2.75, 3.05) is 13.6 Å². The van der Waals surface area contributed by atoms with Crippen molar-refractivity contribution in [1.82, 2.24) is 20.1 Å². The third-order valence-electron chi connectivity index (χ3n) is 11.2. The van der Waals surface area contributed by atoms with Crippen LogP contribution in [0.25, 0.3) is 0 Å². The first-order valence-corrected chi connectivity index (χ1v) is 20.5. The number of halogens is 1. The quantitative estimate of drug-likeness (QED) is 0.109. The van der Waals surface area contributed by atoms with E-state index in [-0.39, 0.29) is 54.5 Å². The van der Waals surface area contributed by atoms with E-state index in [0.29, 0.717) is 18.0 Å². The number of carbonyl (C=O) groups excluding carboxylic acids is 3. The lowest BCUT2D eigenvalue weighted by Gasteiger charge is -2.39. The summed E-state index contributed by atoms with van der Waals surface area (Å²) in [6.45, 7) is 10.9. The highest BCUT2D eigenvalue weighted by Crippen LogP contribution is 2.33. The Kier molecular flexibility index (Phi) is 16.5. The van der Waals surface area contributed by atoms with Crippen LogP contribution in [-0.2, 0) is 27.3 Å². The second-order valence-corrected chi connectivity index (χ2v) is 16.6. The highest BCUT2D eigenvalue weighted by Gasteiger charge is 2.38. The van der Waals surface area contributed by atoms with Gasteiger partial charge in [0.05, 0.1) is 12.0 Å². The van der Waals surface area contributed by atoms with Crippen LogP contribution in [0.4, 0.5) is 4.39 Å². The Hall–Kier alpha value is -4.00. The second-order valence-electron chi connectivity index (χ2n) is 15.7. The number of ketones is 1. The SMILES string of the molecule is CCC(C)C(CC(=O)C1CCCCN1C)C(=O)N(Cc1ccccc1)C(CC(O)c1nc(C(=O)NC(Cc2ccc(F)cc2)CC(C)C(=O)O)cs1)C(C)C. The molecule has 0 bridgehead atoms. The maximum absolute atomic E-state index is 14.8. The first-order valence-electron chi connectivity index (χ1n) is 19.7. The molecule has 10 nitrogen and oxygen atoms in total. The van der Waals surface area contributed by atoms with E-state index in [9.17, 15) is 33.8 Å². The predicted octanol–water partition coefficient (Wildman–Crippen LogP) is 7.32. The number of thiazole rings is 1. The molecule has 0 aliphatic carbocycles. The van der Waals surface area contributed by atoms with Crippen LogP contribution in [0.2, 0.25) is 0 Å². The van der Waals surface area contributed by atoms with Gasteiger partial charge in [-0.2, -0.15) is 0 Å². The fourth-order valence-electron chi connectivity index (χ4n) is 7.52. The molecule has 2 amide bonds. The number of carboxylic acid groups (broad SMARTS) is 1. The van der Waals surface area contributed by atoms with Crippen molar-refractivity contribution in [3.8, 4) is 0 Å². The fourth-order valence-corrected chi connectivity index (χ4v) is 8.32. The number of carbonyl (C=O) groups is 4. The summed E-state index contributed by atoms with van der Waals surface area (Å²) in [4.78, 5) is 62.2. The monoisotopic (exact) mass is 778 g/mol. The molecule has 0 saturated carbocycles. The molecule has 7 atom stereocenters. The van der Waals surface area contributed by atoms with E-state index in [1.165, 1.54) is 12.1 Å². The molecule has 0 radical (unpaired) electrons. The van der Waals surface area contributed by atoms with E-state index in [4.69, 9.17) is 0 Å². The molecule has 4 rings (SSSR count). The number of nitrogens with zero attached hydrogens (tertiary/aromatic N) is 3. The topological polar surface area (TPSA) is 140 Å². The summed E-state index contributed by atoms with van der Waals surface area (Å²) < 4.78 is 13.5. The number of aliphatic hydroxyl groups is 1. The summed E-state index contributed by atoms with van der Waals surface area (Å²) in [6, 6.07) is 14.4. The molecule has 3 N–H and O–H groups in total. The summed E-state index contributed by atoms with van der Waals surface area (Å²) in [5.74, 6) is -3.24. The number of carboxylic acids is 1. The Balaban J connectivity index is 1.56. The fraction of sp³-hybridized carbons (Fsp3) is 0.558. The van der Waals surface area contributed by atoms with Crippen LogP contribution >= 0.6 is 11.3 Å². The number of aliphatic carboxylic acids is 1. The van der Waals surface area contributed by atoms with E-state index in [1.807, 2.05) is 70.0 Å². The Morgan fingerprint density at radius 1 is 1.00 bits per heavy atom. The molecule has 55 heavy (non-hydrogen) atoms. The van der Waals surface area contributed by atoms with Gasteiger partial charge in [0.25, 0.3) is 5.91 Å². The Morgan fingerprint density at radius 2 is 1.69 bits per heavy atom. The van der Waals surface area contributed by atoms with Gasteiger partial charge in [-0.05, 0) is 74.4 Å². The van der Waals surface area contributed by atoms with E-state index < -0.39 is 47.7 Å². The van der Waals surface area contributed by atoms with Crippen LogP contribution in [0.3, 0.4) is 0 Å². The lowest BCUT2D eigenvalue weighted by Crippen LogP contribution is -2.49. The molecule has 2 aromatic carbocycles. The number of hydrogen-bond acceptors (Lipinski definition) is 8. The third-order valence-corrected chi connectivity index (χ3v) is 12.1. The lowest BCUT2D eigenvalue weighted by molar-refractivity contribution is -0.145. The Labute approximate surface area is 329 Å². The number of aromatic nitrogens is 1. The van der Waals surface area contributed by atoms with Crippen molar-refractivity contribution in [3.05, 3.63) is 87.6 Å². The number of likely N-dealkylation sites (tertiary alicyclic amines) is 1. The second kappa shape index (κ2) is 20.8. The van der Waals surface area contributed by atoms with Crippen molar-refractivity contribution in [1.29, 1.82) is 0 Å². The van der Waals surface area contributed by atoms with Gasteiger partial charge in [-0.1, -0.05) is 89.9 Å². The molecule has 1 aliphatic heterocycles. The zero-order valence-corrected chi connectivity index (χ0v) is 33.9. The van der Waals surface area contributed by atoms with Crippen LogP contribution in [0.1, 0.15) is 112 Å². The molecule has 0 spiro atoms. The number of hydrogen-bond donors (Lipinski definition) is 3.